The fourth-order valence-electron chi connectivity index (χ4n) is 2.18. The molecule has 0 bridgehead atoms. The maximum Gasteiger partial charge on any atom is 0.422 e. The molecule has 0 aromatic heterocycles. The third-order valence-corrected chi connectivity index (χ3v) is 3.65. The third-order valence-electron chi connectivity index (χ3n) is 3.02. The molecule has 0 atom stereocenters. The lowest BCUT2D eigenvalue weighted by atomic mass is 10.2. The molecule has 2 nitrogen and oxygen atoms in total. The molecule has 1 aliphatic heterocycles. The Hall–Kier alpha value is -0.750. The monoisotopic (exact) mass is 337 g/mol. The average Bonchev–Trinajstić information content (AvgIpc) is 2.79. The van der Waals surface area contributed by atoms with Crippen LogP contribution in [0.5, 0.6) is 5.75 Å². The first kappa shape index (κ1) is 14.7. The lowest BCUT2D eigenvalue weighted by Gasteiger charge is -2.19. The number of hydrogen-bond acceptors (Lipinski definition) is 2. The van der Waals surface area contributed by atoms with Crippen LogP contribution < -0.4 is 4.74 Å². The largest absolute Gasteiger partial charge is 0.483 e. The van der Waals surface area contributed by atoms with Gasteiger partial charge in [0, 0.05) is 12.1 Å². The van der Waals surface area contributed by atoms with E-state index in [2.05, 4.69) is 20.8 Å². The number of ether oxygens (including phenoxy) is 1. The highest BCUT2D eigenvalue weighted by Gasteiger charge is 2.29. The molecular formula is C13H15BrF3NO. The van der Waals surface area contributed by atoms with Gasteiger partial charge in [-0.2, -0.15) is 13.2 Å². The second-order valence-electron chi connectivity index (χ2n) is 4.62. The van der Waals surface area contributed by atoms with Gasteiger partial charge >= 0.3 is 6.18 Å². The maximum absolute atomic E-state index is 12.3. The Morgan fingerprint density at radius 3 is 2.53 bits per heavy atom. The number of rotatable bonds is 4. The Kier molecular flexibility index (Phi) is 4.73. The first-order valence-corrected chi connectivity index (χ1v) is 6.94. The van der Waals surface area contributed by atoms with Crippen LogP contribution in [0.15, 0.2) is 22.7 Å². The van der Waals surface area contributed by atoms with Gasteiger partial charge in [-0.3, -0.25) is 4.90 Å². The average molecular weight is 338 g/mol. The molecule has 0 N–H and O–H groups in total. The van der Waals surface area contributed by atoms with Crippen LogP contribution in [0.4, 0.5) is 13.2 Å². The van der Waals surface area contributed by atoms with E-state index in [0.29, 0.717) is 16.8 Å². The van der Waals surface area contributed by atoms with Crippen LogP contribution in [0, 0.1) is 0 Å². The normalized spacial score (nSPS) is 16.8. The Morgan fingerprint density at radius 2 is 1.89 bits per heavy atom. The summed E-state index contributed by atoms with van der Waals surface area (Å²) in [4.78, 5) is 2.22. The second-order valence-corrected chi connectivity index (χ2v) is 5.47. The van der Waals surface area contributed by atoms with Crippen LogP contribution in [0.2, 0.25) is 0 Å². The predicted molar refractivity (Wildman–Crippen MR) is 70.2 cm³/mol. The zero-order valence-corrected chi connectivity index (χ0v) is 11.9. The first-order chi connectivity index (χ1) is 8.96. The number of hydrogen-bond donors (Lipinski definition) is 0. The highest BCUT2D eigenvalue weighted by molar-refractivity contribution is 9.10. The second kappa shape index (κ2) is 6.13. The molecule has 1 fully saturated rings. The maximum atomic E-state index is 12.3. The van der Waals surface area contributed by atoms with Crippen molar-refractivity contribution >= 4 is 15.9 Å². The highest BCUT2D eigenvalue weighted by Crippen LogP contribution is 2.32. The molecule has 1 aromatic rings. The first-order valence-electron chi connectivity index (χ1n) is 6.15. The van der Waals surface area contributed by atoms with E-state index in [1.165, 1.54) is 0 Å². The van der Waals surface area contributed by atoms with E-state index in [1.54, 1.807) is 6.07 Å². The van der Waals surface area contributed by atoms with E-state index in [4.69, 9.17) is 4.74 Å². The number of benzene rings is 1. The summed E-state index contributed by atoms with van der Waals surface area (Å²) < 4.78 is 42.3. The van der Waals surface area contributed by atoms with Gasteiger partial charge in [0.1, 0.15) is 5.75 Å². The molecule has 0 radical (unpaired) electrons. The summed E-state index contributed by atoms with van der Waals surface area (Å²) in [5.74, 6) is 0.298. The Bertz CT molecular complexity index is 430. The number of halogens is 4. The zero-order valence-electron chi connectivity index (χ0n) is 10.3. The van der Waals surface area contributed by atoms with E-state index in [9.17, 15) is 13.2 Å². The summed E-state index contributed by atoms with van der Waals surface area (Å²) >= 11 is 3.25. The molecule has 0 unspecified atom stereocenters. The SMILES string of the molecule is FC(F)(F)COc1c(Br)cccc1CN1CCCC1. The van der Waals surface area contributed by atoms with E-state index in [0.717, 1.165) is 31.5 Å². The third kappa shape index (κ3) is 4.38. The highest BCUT2D eigenvalue weighted by atomic mass is 79.9. The molecule has 0 spiro atoms. The van der Waals surface area contributed by atoms with Crippen molar-refractivity contribution in [1.82, 2.24) is 4.90 Å². The van der Waals surface area contributed by atoms with Crippen molar-refractivity contribution in [3.63, 3.8) is 0 Å². The predicted octanol–water partition coefficient (Wildman–Crippen LogP) is 3.99. The van der Waals surface area contributed by atoms with Gasteiger partial charge in [-0.05, 0) is 47.9 Å². The van der Waals surface area contributed by atoms with Crippen molar-refractivity contribution in [2.24, 2.45) is 0 Å². The number of alkyl halides is 3. The van der Waals surface area contributed by atoms with Gasteiger partial charge in [0.25, 0.3) is 0 Å². The zero-order chi connectivity index (χ0) is 13.9. The molecule has 0 amide bonds. The quantitative estimate of drug-likeness (QED) is 0.823. The van der Waals surface area contributed by atoms with E-state index in [1.807, 2.05) is 12.1 Å². The molecule has 0 saturated carbocycles. The van der Waals surface area contributed by atoms with Crippen molar-refractivity contribution < 1.29 is 17.9 Å². The van der Waals surface area contributed by atoms with Gasteiger partial charge in [-0.15, -0.1) is 0 Å². The summed E-state index contributed by atoms with van der Waals surface area (Å²) in [7, 11) is 0. The molecule has 0 aliphatic carbocycles. The standard InChI is InChI=1S/C13H15BrF3NO/c14-11-5-3-4-10(8-18-6-1-2-7-18)12(11)19-9-13(15,16)17/h3-5H,1-2,6-9H2. The van der Waals surface area contributed by atoms with E-state index in [-0.39, 0.29) is 0 Å². The van der Waals surface area contributed by atoms with Gasteiger partial charge in [0.05, 0.1) is 4.47 Å². The van der Waals surface area contributed by atoms with Crippen LogP contribution >= 0.6 is 15.9 Å². The van der Waals surface area contributed by atoms with Gasteiger partial charge in [0.2, 0.25) is 0 Å². The van der Waals surface area contributed by atoms with Crippen molar-refractivity contribution in [3.05, 3.63) is 28.2 Å². The molecular weight excluding hydrogens is 323 g/mol. The van der Waals surface area contributed by atoms with Gasteiger partial charge in [-0.1, -0.05) is 12.1 Å². The van der Waals surface area contributed by atoms with Crippen LogP contribution in [0.25, 0.3) is 0 Å². The molecule has 6 heteroatoms. The van der Waals surface area contributed by atoms with Crippen LogP contribution in [-0.2, 0) is 6.54 Å². The molecule has 2 rings (SSSR count). The summed E-state index contributed by atoms with van der Waals surface area (Å²) in [6.07, 6.45) is -2.03. The molecule has 1 aromatic carbocycles. The van der Waals surface area contributed by atoms with E-state index < -0.39 is 12.8 Å². The van der Waals surface area contributed by atoms with Gasteiger partial charge in [-0.25, -0.2) is 0 Å². The topological polar surface area (TPSA) is 12.5 Å². The lowest BCUT2D eigenvalue weighted by molar-refractivity contribution is -0.153. The molecule has 19 heavy (non-hydrogen) atoms. The van der Waals surface area contributed by atoms with E-state index >= 15 is 0 Å². The van der Waals surface area contributed by atoms with Crippen molar-refractivity contribution in [2.45, 2.75) is 25.6 Å². The van der Waals surface area contributed by atoms with Crippen molar-refractivity contribution in [2.75, 3.05) is 19.7 Å². The molecule has 1 heterocycles. The van der Waals surface area contributed by atoms with Crippen LogP contribution in [0.1, 0.15) is 18.4 Å². The van der Waals surface area contributed by atoms with Crippen LogP contribution in [0.3, 0.4) is 0 Å². The Labute approximate surface area is 118 Å². The number of para-hydroxylation sites is 1. The van der Waals surface area contributed by atoms with Crippen LogP contribution in [-0.4, -0.2) is 30.8 Å². The summed E-state index contributed by atoms with van der Waals surface area (Å²) in [6, 6.07) is 5.32. The Morgan fingerprint density at radius 1 is 1.21 bits per heavy atom. The van der Waals surface area contributed by atoms with Crippen molar-refractivity contribution in [3.8, 4) is 5.75 Å². The number of likely N-dealkylation sites (tertiary alicyclic amines) is 1. The Balaban J connectivity index is 2.10. The minimum atomic E-state index is -4.32. The molecule has 106 valence electrons. The smallest absolute Gasteiger partial charge is 0.422 e. The fourth-order valence-corrected chi connectivity index (χ4v) is 2.70. The minimum absolute atomic E-state index is 0.298. The molecule has 1 saturated heterocycles. The fraction of sp³-hybridized carbons (Fsp3) is 0.538. The summed E-state index contributed by atoms with van der Waals surface area (Å²) in [5, 5.41) is 0. The van der Waals surface area contributed by atoms with Gasteiger partial charge in [0.15, 0.2) is 6.61 Å². The lowest BCUT2D eigenvalue weighted by Crippen LogP contribution is -2.22. The molecule has 1 aliphatic rings. The van der Waals surface area contributed by atoms with Crippen molar-refractivity contribution in [1.29, 1.82) is 0 Å². The van der Waals surface area contributed by atoms with Gasteiger partial charge < -0.3 is 4.74 Å². The number of nitrogens with zero attached hydrogens (tertiary/aromatic N) is 1. The summed E-state index contributed by atoms with van der Waals surface area (Å²) in [5.41, 5.74) is 0.792. The summed E-state index contributed by atoms with van der Waals surface area (Å²) in [6.45, 7) is 1.35. The minimum Gasteiger partial charge on any atom is -0.483 e.